The van der Waals surface area contributed by atoms with Crippen molar-refractivity contribution in [3.8, 4) is 0 Å². The van der Waals surface area contributed by atoms with E-state index in [4.69, 9.17) is 0 Å². The van der Waals surface area contributed by atoms with Crippen molar-refractivity contribution in [1.29, 1.82) is 0 Å². The molecule has 0 radical (unpaired) electrons. The molecule has 0 aliphatic carbocycles. The van der Waals surface area contributed by atoms with Gasteiger partial charge in [-0.15, -0.1) is 0 Å². The Hall–Kier alpha value is -0.0800. The van der Waals surface area contributed by atoms with Crippen LogP contribution in [0.25, 0.3) is 0 Å². The van der Waals surface area contributed by atoms with E-state index in [1.54, 1.807) is 0 Å². The minimum atomic E-state index is 0.440. The Kier molecular flexibility index (Phi) is 1.97. The molecule has 2 heteroatoms. The van der Waals surface area contributed by atoms with E-state index in [2.05, 4.69) is 38.3 Å². The van der Waals surface area contributed by atoms with Crippen LogP contribution in [0.3, 0.4) is 0 Å². The van der Waals surface area contributed by atoms with Gasteiger partial charge in [0.25, 0.3) is 0 Å². The molecule has 0 unspecified atom stereocenters. The molecule has 13 heavy (non-hydrogen) atoms. The predicted molar refractivity (Wildman–Crippen MR) is 55.7 cm³/mol. The monoisotopic (exact) mass is 182 g/mol. The highest BCUT2D eigenvalue weighted by molar-refractivity contribution is 5.22. The van der Waals surface area contributed by atoms with E-state index in [0.717, 1.165) is 11.8 Å². The summed E-state index contributed by atoms with van der Waals surface area (Å²) in [6.07, 6.45) is 0. The molecule has 0 aromatic rings. The van der Waals surface area contributed by atoms with E-state index in [1.807, 2.05) is 0 Å². The molecule has 0 amide bonds. The van der Waals surface area contributed by atoms with Crippen LogP contribution in [0.1, 0.15) is 27.7 Å². The van der Waals surface area contributed by atoms with Gasteiger partial charge in [0, 0.05) is 25.0 Å². The Morgan fingerprint density at radius 2 is 1.46 bits per heavy atom. The van der Waals surface area contributed by atoms with Gasteiger partial charge in [-0.1, -0.05) is 27.7 Å². The van der Waals surface area contributed by atoms with Gasteiger partial charge in [-0.05, 0) is 11.8 Å². The summed E-state index contributed by atoms with van der Waals surface area (Å²) in [6.45, 7) is 13.1. The molecule has 0 atom stereocenters. The lowest BCUT2D eigenvalue weighted by Crippen LogP contribution is -2.87. The van der Waals surface area contributed by atoms with Crippen molar-refractivity contribution in [2.45, 2.75) is 33.2 Å². The molecule has 0 aromatic carbocycles. The first kappa shape index (κ1) is 9.47. The first-order chi connectivity index (χ1) is 6.05. The maximum absolute atomic E-state index is 3.65. The van der Waals surface area contributed by atoms with Gasteiger partial charge in [0.05, 0.1) is 5.54 Å². The average Bonchev–Trinajstić information content (AvgIpc) is 1.78. The smallest absolute Gasteiger partial charge is 0.0506 e. The fourth-order valence-corrected chi connectivity index (χ4v) is 3.55. The summed E-state index contributed by atoms with van der Waals surface area (Å²) in [6, 6.07) is 0. The summed E-state index contributed by atoms with van der Waals surface area (Å²) in [4.78, 5) is 0. The van der Waals surface area contributed by atoms with Crippen molar-refractivity contribution in [3.63, 3.8) is 0 Å². The van der Waals surface area contributed by atoms with Crippen LogP contribution in [-0.2, 0) is 0 Å². The molecule has 1 spiro atoms. The zero-order valence-corrected chi connectivity index (χ0v) is 9.28. The van der Waals surface area contributed by atoms with E-state index in [-0.39, 0.29) is 0 Å². The lowest BCUT2D eigenvalue weighted by Gasteiger charge is -2.69. The maximum atomic E-state index is 3.65. The van der Waals surface area contributed by atoms with Crippen LogP contribution in [0.15, 0.2) is 0 Å². The standard InChI is InChI=1S/C11H22N2/c1-8(2)11(9(3)4)7-13-10(11)5-12-6-10/h8-9,12-13H,5-7H2,1-4H3. The van der Waals surface area contributed by atoms with Crippen LogP contribution < -0.4 is 10.6 Å². The van der Waals surface area contributed by atoms with Crippen LogP contribution in [0.4, 0.5) is 0 Å². The molecular formula is C11H22N2. The third kappa shape index (κ3) is 0.909. The van der Waals surface area contributed by atoms with Crippen LogP contribution in [0.5, 0.6) is 0 Å². The molecule has 76 valence electrons. The first-order valence-electron chi connectivity index (χ1n) is 5.51. The van der Waals surface area contributed by atoms with Gasteiger partial charge in [0.15, 0.2) is 0 Å². The molecule has 0 saturated carbocycles. The van der Waals surface area contributed by atoms with E-state index in [0.29, 0.717) is 11.0 Å². The van der Waals surface area contributed by atoms with Gasteiger partial charge in [0.2, 0.25) is 0 Å². The average molecular weight is 182 g/mol. The summed E-state index contributed by atoms with van der Waals surface area (Å²) < 4.78 is 0. The second-order valence-corrected chi connectivity index (χ2v) is 5.39. The number of nitrogens with one attached hydrogen (secondary N) is 2. The molecule has 0 bridgehead atoms. The highest BCUT2D eigenvalue weighted by atomic mass is 15.2. The summed E-state index contributed by atoms with van der Waals surface area (Å²) in [5, 5.41) is 7.06. The Labute approximate surface area is 81.5 Å². The third-order valence-corrected chi connectivity index (χ3v) is 4.52. The van der Waals surface area contributed by atoms with E-state index >= 15 is 0 Å². The lowest BCUT2D eigenvalue weighted by atomic mass is 9.50. The summed E-state index contributed by atoms with van der Waals surface area (Å²) in [5.41, 5.74) is 0.980. The molecule has 2 rings (SSSR count). The molecular weight excluding hydrogens is 160 g/mol. The number of rotatable bonds is 2. The highest BCUT2D eigenvalue weighted by Crippen LogP contribution is 2.52. The summed E-state index contributed by atoms with van der Waals surface area (Å²) in [5.74, 6) is 1.58. The first-order valence-corrected chi connectivity index (χ1v) is 5.51. The molecule has 2 saturated heterocycles. The van der Waals surface area contributed by atoms with Crippen molar-refractivity contribution in [2.75, 3.05) is 19.6 Å². The van der Waals surface area contributed by atoms with Crippen molar-refractivity contribution in [2.24, 2.45) is 17.3 Å². The third-order valence-electron chi connectivity index (χ3n) is 4.52. The van der Waals surface area contributed by atoms with Gasteiger partial charge in [-0.2, -0.15) is 0 Å². The zero-order chi connectivity index (χ0) is 9.69. The van der Waals surface area contributed by atoms with Crippen LogP contribution in [0.2, 0.25) is 0 Å². The van der Waals surface area contributed by atoms with Gasteiger partial charge in [-0.25, -0.2) is 0 Å². The minimum absolute atomic E-state index is 0.440. The van der Waals surface area contributed by atoms with Crippen LogP contribution in [0, 0.1) is 17.3 Å². The largest absolute Gasteiger partial charge is 0.313 e. The van der Waals surface area contributed by atoms with Gasteiger partial charge in [-0.3, -0.25) is 0 Å². The second-order valence-electron chi connectivity index (χ2n) is 5.39. The van der Waals surface area contributed by atoms with Crippen molar-refractivity contribution in [3.05, 3.63) is 0 Å². The van der Waals surface area contributed by atoms with Gasteiger partial charge < -0.3 is 10.6 Å². The molecule has 0 aromatic heterocycles. The molecule has 2 nitrogen and oxygen atoms in total. The Balaban J connectivity index is 2.24. The molecule has 2 aliphatic rings. The molecule has 2 aliphatic heterocycles. The van der Waals surface area contributed by atoms with Crippen LogP contribution in [-0.4, -0.2) is 25.2 Å². The molecule has 2 heterocycles. The van der Waals surface area contributed by atoms with Gasteiger partial charge >= 0.3 is 0 Å². The normalized spacial score (nSPS) is 29.1. The van der Waals surface area contributed by atoms with Crippen LogP contribution >= 0.6 is 0 Å². The van der Waals surface area contributed by atoms with Crippen molar-refractivity contribution in [1.82, 2.24) is 10.6 Å². The predicted octanol–water partition coefficient (Wildman–Crippen LogP) is 1.23. The maximum Gasteiger partial charge on any atom is 0.0506 e. The Morgan fingerprint density at radius 3 is 1.54 bits per heavy atom. The number of hydrogen-bond acceptors (Lipinski definition) is 2. The summed E-state index contributed by atoms with van der Waals surface area (Å²) >= 11 is 0. The second kappa shape index (κ2) is 2.71. The molecule has 2 fully saturated rings. The highest BCUT2D eigenvalue weighted by Gasteiger charge is 2.64. The Bertz CT molecular complexity index is 191. The quantitative estimate of drug-likeness (QED) is 0.671. The SMILES string of the molecule is CC(C)C1(C(C)C)CNC12CNC2. The van der Waals surface area contributed by atoms with Gasteiger partial charge in [0.1, 0.15) is 0 Å². The summed E-state index contributed by atoms with van der Waals surface area (Å²) in [7, 11) is 0. The zero-order valence-electron chi connectivity index (χ0n) is 9.28. The lowest BCUT2D eigenvalue weighted by molar-refractivity contribution is -0.122. The van der Waals surface area contributed by atoms with E-state index in [1.165, 1.54) is 19.6 Å². The van der Waals surface area contributed by atoms with Crippen molar-refractivity contribution < 1.29 is 0 Å². The van der Waals surface area contributed by atoms with Crippen molar-refractivity contribution >= 4 is 0 Å². The fourth-order valence-electron chi connectivity index (χ4n) is 3.55. The van der Waals surface area contributed by atoms with E-state index < -0.39 is 0 Å². The number of hydrogen-bond donors (Lipinski definition) is 2. The Morgan fingerprint density at radius 1 is 0.923 bits per heavy atom. The molecule has 2 N–H and O–H groups in total. The van der Waals surface area contributed by atoms with E-state index in [9.17, 15) is 0 Å². The fraction of sp³-hybridized carbons (Fsp3) is 1.00. The minimum Gasteiger partial charge on any atom is -0.313 e. The topological polar surface area (TPSA) is 24.1 Å².